The molecule has 6 nitrogen and oxygen atoms in total. The van der Waals surface area contributed by atoms with Crippen LogP contribution in [0.1, 0.15) is 29.7 Å². The summed E-state index contributed by atoms with van der Waals surface area (Å²) in [5.74, 6) is -1.62. The molecule has 0 saturated heterocycles. The standard InChI is InChI=1S/C27H22Cl2N4O2/c1-16-23(26(34)32(30-16)19-9-5-3-6-10-19)25(21-14-13-18(28)15-22(21)29)24-17(2)31-33(27(24)35)20-11-7-4-8-12-20/h3-15,23,25,31H,1-2H3/t23-,25-/m0/s1. The highest BCUT2D eigenvalue weighted by Crippen LogP contribution is 2.41. The lowest BCUT2D eigenvalue weighted by Crippen LogP contribution is -2.34. The number of nitrogens with zero attached hydrogens (tertiary/aromatic N) is 3. The summed E-state index contributed by atoms with van der Waals surface area (Å²) < 4.78 is 1.49. The molecule has 0 unspecified atom stereocenters. The fourth-order valence-corrected chi connectivity index (χ4v) is 5.18. The van der Waals surface area contributed by atoms with E-state index in [9.17, 15) is 9.59 Å². The molecule has 0 spiro atoms. The Morgan fingerprint density at radius 2 is 1.51 bits per heavy atom. The Balaban J connectivity index is 1.70. The minimum Gasteiger partial charge on any atom is -0.295 e. The van der Waals surface area contributed by atoms with E-state index in [1.54, 1.807) is 25.1 Å². The van der Waals surface area contributed by atoms with Crippen LogP contribution in [0.25, 0.3) is 5.69 Å². The Labute approximate surface area is 212 Å². The average molecular weight is 505 g/mol. The van der Waals surface area contributed by atoms with E-state index < -0.39 is 11.8 Å². The number of carbonyl (C=O) groups excluding carboxylic acids is 1. The molecule has 35 heavy (non-hydrogen) atoms. The van der Waals surface area contributed by atoms with Crippen LogP contribution < -0.4 is 10.6 Å². The molecule has 0 saturated carbocycles. The second kappa shape index (κ2) is 9.21. The predicted octanol–water partition coefficient (Wildman–Crippen LogP) is 5.95. The number of nitrogens with one attached hydrogen (secondary N) is 1. The van der Waals surface area contributed by atoms with Crippen molar-refractivity contribution in [2.75, 3.05) is 5.01 Å². The molecule has 2 atom stereocenters. The van der Waals surface area contributed by atoms with Gasteiger partial charge in [0.2, 0.25) is 0 Å². The van der Waals surface area contributed by atoms with Crippen LogP contribution in [0.3, 0.4) is 0 Å². The lowest BCUT2D eigenvalue weighted by Gasteiger charge is -2.24. The zero-order valence-electron chi connectivity index (χ0n) is 19.1. The highest BCUT2D eigenvalue weighted by atomic mass is 35.5. The SMILES string of the molecule is CC1=NN(c2ccccc2)C(=O)[C@@H]1[C@H](c1ccc(Cl)cc1Cl)c1c(C)[nH]n(-c2ccccc2)c1=O. The third-order valence-corrected chi connectivity index (χ3v) is 6.82. The predicted molar refractivity (Wildman–Crippen MR) is 140 cm³/mol. The Bertz CT molecular complexity index is 1490. The lowest BCUT2D eigenvalue weighted by molar-refractivity contribution is -0.120. The van der Waals surface area contributed by atoms with Crippen molar-refractivity contribution in [1.29, 1.82) is 0 Å². The summed E-state index contributed by atoms with van der Waals surface area (Å²) in [6.07, 6.45) is 0. The largest absolute Gasteiger partial charge is 0.295 e. The number of hydrogen-bond acceptors (Lipinski definition) is 3. The van der Waals surface area contributed by atoms with Gasteiger partial charge in [-0.3, -0.25) is 14.7 Å². The fourth-order valence-electron chi connectivity index (χ4n) is 4.66. The number of H-pyrrole nitrogens is 1. The van der Waals surface area contributed by atoms with E-state index in [2.05, 4.69) is 10.2 Å². The van der Waals surface area contributed by atoms with Crippen LogP contribution >= 0.6 is 23.2 Å². The third kappa shape index (κ3) is 4.09. The van der Waals surface area contributed by atoms with Gasteiger partial charge in [0.15, 0.2) is 0 Å². The van der Waals surface area contributed by atoms with Crippen LogP contribution in [-0.4, -0.2) is 21.4 Å². The van der Waals surface area contributed by atoms with Gasteiger partial charge in [-0.05, 0) is 55.8 Å². The molecule has 1 N–H and O–H groups in total. The van der Waals surface area contributed by atoms with Gasteiger partial charge in [-0.1, -0.05) is 65.7 Å². The van der Waals surface area contributed by atoms with E-state index in [-0.39, 0.29) is 11.5 Å². The third-order valence-electron chi connectivity index (χ3n) is 6.26. The van der Waals surface area contributed by atoms with Gasteiger partial charge in [-0.15, -0.1) is 0 Å². The first-order valence-electron chi connectivity index (χ1n) is 11.1. The number of rotatable bonds is 5. The van der Waals surface area contributed by atoms with Gasteiger partial charge < -0.3 is 0 Å². The molecular weight excluding hydrogens is 483 g/mol. The van der Waals surface area contributed by atoms with Crippen molar-refractivity contribution in [2.24, 2.45) is 11.0 Å². The minimum atomic E-state index is -0.722. The van der Waals surface area contributed by atoms with Crippen molar-refractivity contribution in [2.45, 2.75) is 19.8 Å². The van der Waals surface area contributed by atoms with Gasteiger partial charge in [-0.2, -0.15) is 5.10 Å². The lowest BCUT2D eigenvalue weighted by atomic mass is 9.78. The number of halogens is 2. The smallest absolute Gasteiger partial charge is 0.275 e. The topological polar surface area (TPSA) is 70.5 Å². The normalized spacial score (nSPS) is 16.5. The molecule has 176 valence electrons. The number of aromatic nitrogens is 2. The number of hydrogen-bond donors (Lipinski definition) is 1. The number of benzene rings is 3. The number of aromatic amines is 1. The Morgan fingerprint density at radius 1 is 0.886 bits per heavy atom. The maximum absolute atomic E-state index is 13.8. The maximum atomic E-state index is 13.8. The summed E-state index contributed by atoms with van der Waals surface area (Å²) in [5, 5.41) is 10.0. The highest BCUT2D eigenvalue weighted by Gasteiger charge is 2.44. The average Bonchev–Trinajstić information content (AvgIpc) is 3.32. The van der Waals surface area contributed by atoms with Crippen LogP contribution in [0.2, 0.25) is 10.0 Å². The number of carbonyl (C=O) groups is 1. The van der Waals surface area contributed by atoms with E-state index in [0.29, 0.717) is 44.0 Å². The molecule has 1 amide bonds. The van der Waals surface area contributed by atoms with Crippen LogP contribution in [0.5, 0.6) is 0 Å². The van der Waals surface area contributed by atoms with Gasteiger partial charge in [0.25, 0.3) is 11.5 Å². The molecule has 1 aromatic heterocycles. The molecule has 1 aliphatic heterocycles. The van der Waals surface area contributed by atoms with Gasteiger partial charge >= 0.3 is 0 Å². The Kier molecular flexibility index (Phi) is 6.09. The summed E-state index contributed by atoms with van der Waals surface area (Å²) in [6, 6.07) is 23.6. The summed E-state index contributed by atoms with van der Waals surface area (Å²) >= 11 is 12.8. The molecular formula is C27H22Cl2N4O2. The number of aryl methyl sites for hydroxylation is 1. The first-order valence-corrected chi connectivity index (χ1v) is 11.9. The number of amides is 1. The van der Waals surface area contributed by atoms with Gasteiger partial charge in [-0.25, -0.2) is 9.69 Å². The Hall–Kier alpha value is -3.61. The maximum Gasteiger partial charge on any atom is 0.275 e. The summed E-state index contributed by atoms with van der Waals surface area (Å²) in [7, 11) is 0. The van der Waals surface area contributed by atoms with Gasteiger partial charge in [0.05, 0.1) is 17.3 Å². The fraction of sp³-hybridized carbons (Fsp3) is 0.148. The molecule has 0 aliphatic carbocycles. The Morgan fingerprint density at radius 3 is 2.14 bits per heavy atom. The van der Waals surface area contributed by atoms with E-state index in [1.807, 2.05) is 67.6 Å². The van der Waals surface area contributed by atoms with Crippen LogP contribution in [-0.2, 0) is 4.79 Å². The van der Waals surface area contributed by atoms with E-state index in [4.69, 9.17) is 23.2 Å². The van der Waals surface area contributed by atoms with Crippen molar-refractivity contribution in [3.05, 3.63) is 116 Å². The number of anilines is 1. The van der Waals surface area contributed by atoms with Gasteiger partial charge in [0, 0.05) is 32.9 Å². The second-order valence-corrected chi connectivity index (χ2v) is 9.32. The van der Waals surface area contributed by atoms with Crippen molar-refractivity contribution < 1.29 is 4.79 Å². The molecule has 5 rings (SSSR count). The number of para-hydroxylation sites is 2. The van der Waals surface area contributed by atoms with Crippen molar-refractivity contribution in [3.63, 3.8) is 0 Å². The zero-order valence-corrected chi connectivity index (χ0v) is 20.6. The molecule has 0 radical (unpaired) electrons. The number of hydrazone groups is 1. The van der Waals surface area contributed by atoms with E-state index in [0.717, 1.165) is 0 Å². The molecule has 4 aromatic rings. The zero-order chi connectivity index (χ0) is 24.7. The molecule has 0 fully saturated rings. The monoisotopic (exact) mass is 504 g/mol. The molecule has 3 aromatic carbocycles. The van der Waals surface area contributed by atoms with E-state index >= 15 is 0 Å². The molecule has 8 heteroatoms. The van der Waals surface area contributed by atoms with E-state index in [1.165, 1.54) is 9.69 Å². The summed E-state index contributed by atoms with van der Waals surface area (Å²) in [5.41, 5.74) is 3.45. The van der Waals surface area contributed by atoms with Crippen LogP contribution in [0.15, 0.2) is 88.8 Å². The van der Waals surface area contributed by atoms with Gasteiger partial charge in [0.1, 0.15) is 0 Å². The molecule has 0 bridgehead atoms. The molecule has 2 heterocycles. The molecule has 1 aliphatic rings. The summed E-state index contributed by atoms with van der Waals surface area (Å²) in [4.78, 5) is 27.6. The summed E-state index contributed by atoms with van der Waals surface area (Å²) in [6.45, 7) is 3.63. The second-order valence-electron chi connectivity index (χ2n) is 8.47. The highest BCUT2D eigenvalue weighted by molar-refractivity contribution is 6.35. The first-order chi connectivity index (χ1) is 16.9. The van der Waals surface area contributed by atoms with Crippen LogP contribution in [0.4, 0.5) is 5.69 Å². The minimum absolute atomic E-state index is 0.226. The van der Waals surface area contributed by atoms with Crippen molar-refractivity contribution in [3.8, 4) is 5.69 Å². The van der Waals surface area contributed by atoms with Crippen molar-refractivity contribution >= 4 is 40.5 Å². The van der Waals surface area contributed by atoms with Crippen LogP contribution in [0, 0.1) is 12.8 Å². The first kappa shape index (κ1) is 23.1. The van der Waals surface area contributed by atoms with Crippen molar-refractivity contribution in [1.82, 2.24) is 9.78 Å². The quantitative estimate of drug-likeness (QED) is 0.364.